The van der Waals surface area contributed by atoms with Crippen molar-refractivity contribution in [3.05, 3.63) is 71.3 Å². The van der Waals surface area contributed by atoms with E-state index in [1.165, 1.54) is 11.8 Å². The maximum absolute atomic E-state index is 12.7. The number of carbonyl (C=O) groups excluding carboxylic acids is 2. The number of thiocarbonyl (C=S) groups is 1. The zero-order valence-electron chi connectivity index (χ0n) is 18.4. The van der Waals surface area contributed by atoms with Crippen LogP contribution in [-0.2, 0) is 14.3 Å². The average molecular weight is 486 g/mol. The molecule has 1 saturated heterocycles. The summed E-state index contributed by atoms with van der Waals surface area (Å²) in [4.78, 5) is 38.2. The Morgan fingerprint density at radius 3 is 2.61 bits per heavy atom. The van der Waals surface area contributed by atoms with Gasteiger partial charge >= 0.3 is 11.9 Å². The SMILES string of the molecule is CC(C(=O)OCCCSC(=S)N1CCCC1C(=O)O)c1cccc(C(=O)c2ccccc2)c1. The van der Waals surface area contributed by atoms with Crippen LogP contribution in [0.25, 0.3) is 0 Å². The number of ether oxygens (including phenoxy) is 1. The minimum atomic E-state index is -0.840. The number of esters is 1. The summed E-state index contributed by atoms with van der Waals surface area (Å²) in [5.41, 5.74) is 1.86. The number of carbonyl (C=O) groups is 3. The molecule has 174 valence electrons. The number of benzene rings is 2. The highest BCUT2D eigenvalue weighted by Gasteiger charge is 2.32. The molecule has 1 aliphatic rings. The van der Waals surface area contributed by atoms with Crippen LogP contribution in [0.1, 0.15) is 53.6 Å². The van der Waals surface area contributed by atoms with Gasteiger partial charge < -0.3 is 14.7 Å². The van der Waals surface area contributed by atoms with E-state index in [0.29, 0.717) is 40.6 Å². The lowest BCUT2D eigenvalue weighted by Crippen LogP contribution is -2.38. The van der Waals surface area contributed by atoms with Gasteiger partial charge in [0.2, 0.25) is 0 Å². The fourth-order valence-corrected chi connectivity index (χ4v) is 4.97. The van der Waals surface area contributed by atoms with Crippen LogP contribution in [-0.4, -0.2) is 57.0 Å². The second-order valence-corrected chi connectivity index (χ2v) is 9.60. The number of hydrogen-bond donors (Lipinski definition) is 1. The standard InChI is InChI=1S/C25H27NO5S2/c1-17(19-10-5-11-20(16-19)22(27)18-8-3-2-4-9-18)24(30)31-14-7-15-33-25(32)26-13-6-12-21(26)23(28)29/h2-5,8-11,16-17,21H,6-7,12-15H2,1H3,(H,28,29). The Morgan fingerprint density at radius 2 is 1.88 bits per heavy atom. The van der Waals surface area contributed by atoms with E-state index in [1.54, 1.807) is 42.2 Å². The van der Waals surface area contributed by atoms with Crippen LogP contribution < -0.4 is 0 Å². The van der Waals surface area contributed by atoms with E-state index in [-0.39, 0.29) is 18.4 Å². The van der Waals surface area contributed by atoms with Crippen LogP contribution >= 0.6 is 24.0 Å². The highest BCUT2D eigenvalue weighted by atomic mass is 32.2. The van der Waals surface area contributed by atoms with Gasteiger partial charge in [-0.15, -0.1) is 0 Å². The molecule has 0 aliphatic carbocycles. The fraction of sp³-hybridized carbons (Fsp3) is 0.360. The van der Waals surface area contributed by atoms with Crippen LogP contribution in [0, 0.1) is 0 Å². The molecule has 0 aromatic heterocycles. The normalized spacial score (nSPS) is 16.3. The van der Waals surface area contributed by atoms with E-state index < -0.39 is 17.9 Å². The Balaban J connectivity index is 1.45. The fourth-order valence-electron chi connectivity index (χ4n) is 3.68. The van der Waals surface area contributed by atoms with Gasteiger partial charge in [-0.25, -0.2) is 4.79 Å². The van der Waals surface area contributed by atoms with Crippen molar-refractivity contribution >= 4 is 46.0 Å². The van der Waals surface area contributed by atoms with Crippen molar-refractivity contribution < 1.29 is 24.2 Å². The van der Waals surface area contributed by atoms with Gasteiger partial charge in [0.1, 0.15) is 10.4 Å². The van der Waals surface area contributed by atoms with E-state index in [4.69, 9.17) is 17.0 Å². The molecular formula is C25H27NO5S2. The molecule has 1 fully saturated rings. The molecule has 6 nitrogen and oxygen atoms in total. The smallest absolute Gasteiger partial charge is 0.326 e. The van der Waals surface area contributed by atoms with Gasteiger partial charge in [-0.2, -0.15) is 0 Å². The zero-order chi connectivity index (χ0) is 23.8. The summed E-state index contributed by atoms with van der Waals surface area (Å²) in [6, 6.07) is 15.6. The first-order valence-electron chi connectivity index (χ1n) is 10.9. The lowest BCUT2D eigenvalue weighted by molar-refractivity contribution is -0.145. The number of carboxylic acids is 1. The Hall–Kier alpha value is -2.71. The number of hydrogen-bond acceptors (Lipinski definition) is 6. The predicted octanol–water partition coefficient (Wildman–Crippen LogP) is 4.52. The minimum Gasteiger partial charge on any atom is -0.480 e. The molecular weight excluding hydrogens is 458 g/mol. The third kappa shape index (κ3) is 6.65. The van der Waals surface area contributed by atoms with Crippen LogP contribution in [0.4, 0.5) is 0 Å². The minimum absolute atomic E-state index is 0.0887. The van der Waals surface area contributed by atoms with Crippen molar-refractivity contribution in [2.24, 2.45) is 0 Å². The van der Waals surface area contributed by atoms with Crippen LogP contribution in [0.15, 0.2) is 54.6 Å². The first kappa shape index (κ1) is 24.9. The van der Waals surface area contributed by atoms with Gasteiger partial charge in [0, 0.05) is 23.4 Å². The third-order valence-corrected chi connectivity index (χ3v) is 7.13. The Bertz CT molecular complexity index is 1010. The van der Waals surface area contributed by atoms with E-state index in [1.807, 2.05) is 24.3 Å². The summed E-state index contributed by atoms with van der Waals surface area (Å²) in [6.07, 6.45) is 2.05. The number of nitrogens with zero attached hydrogens (tertiary/aromatic N) is 1. The number of thioether (sulfide) groups is 1. The van der Waals surface area contributed by atoms with Gasteiger partial charge in [0.25, 0.3) is 0 Å². The lowest BCUT2D eigenvalue weighted by Gasteiger charge is -2.23. The molecule has 33 heavy (non-hydrogen) atoms. The molecule has 2 unspecified atom stereocenters. The van der Waals surface area contributed by atoms with Crippen LogP contribution in [0.5, 0.6) is 0 Å². The van der Waals surface area contributed by atoms with Gasteiger partial charge in [0.15, 0.2) is 5.78 Å². The number of carboxylic acid groups (broad SMARTS) is 1. The number of rotatable bonds is 9. The van der Waals surface area contributed by atoms with Crippen molar-refractivity contribution in [1.82, 2.24) is 4.90 Å². The summed E-state index contributed by atoms with van der Waals surface area (Å²) in [7, 11) is 0. The number of likely N-dealkylation sites (tertiary alicyclic amines) is 1. The quantitative estimate of drug-likeness (QED) is 0.240. The van der Waals surface area contributed by atoms with Crippen molar-refractivity contribution in [3.8, 4) is 0 Å². The lowest BCUT2D eigenvalue weighted by atomic mass is 9.96. The van der Waals surface area contributed by atoms with Crippen molar-refractivity contribution in [1.29, 1.82) is 0 Å². The maximum Gasteiger partial charge on any atom is 0.326 e. The molecule has 1 N–H and O–H groups in total. The molecule has 2 aromatic rings. The Morgan fingerprint density at radius 1 is 1.15 bits per heavy atom. The molecule has 8 heteroatoms. The molecule has 0 radical (unpaired) electrons. The summed E-state index contributed by atoms with van der Waals surface area (Å²) in [5, 5.41) is 9.27. The molecule has 0 bridgehead atoms. The zero-order valence-corrected chi connectivity index (χ0v) is 20.1. The summed E-state index contributed by atoms with van der Waals surface area (Å²) < 4.78 is 6.00. The van der Waals surface area contributed by atoms with Gasteiger partial charge in [-0.3, -0.25) is 9.59 Å². The predicted molar refractivity (Wildman–Crippen MR) is 133 cm³/mol. The van der Waals surface area contributed by atoms with Crippen LogP contribution in [0.2, 0.25) is 0 Å². The number of aliphatic carboxylic acids is 1. The Kier molecular flexibility index (Phi) is 9.03. The molecule has 0 saturated carbocycles. The van der Waals surface area contributed by atoms with Crippen molar-refractivity contribution in [2.45, 2.75) is 38.1 Å². The summed E-state index contributed by atoms with van der Waals surface area (Å²) in [5.74, 6) is -1.13. The van der Waals surface area contributed by atoms with Gasteiger partial charge in [-0.05, 0) is 37.8 Å². The highest BCUT2D eigenvalue weighted by Crippen LogP contribution is 2.24. The average Bonchev–Trinajstić information content (AvgIpc) is 3.34. The first-order chi connectivity index (χ1) is 15.9. The topological polar surface area (TPSA) is 83.9 Å². The molecule has 2 aromatic carbocycles. The molecule has 2 atom stereocenters. The molecule has 3 rings (SSSR count). The number of ketones is 1. The van der Waals surface area contributed by atoms with E-state index in [0.717, 1.165) is 12.0 Å². The highest BCUT2D eigenvalue weighted by molar-refractivity contribution is 8.22. The largest absolute Gasteiger partial charge is 0.480 e. The molecule has 1 heterocycles. The maximum atomic E-state index is 12.7. The van der Waals surface area contributed by atoms with Gasteiger partial charge in [-0.1, -0.05) is 72.5 Å². The Labute approximate surface area is 203 Å². The molecule has 0 spiro atoms. The van der Waals surface area contributed by atoms with Crippen molar-refractivity contribution in [3.63, 3.8) is 0 Å². The van der Waals surface area contributed by atoms with E-state index in [2.05, 4.69) is 0 Å². The van der Waals surface area contributed by atoms with Crippen molar-refractivity contribution in [2.75, 3.05) is 18.9 Å². The summed E-state index contributed by atoms with van der Waals surface area (Å²) in [6.45, 7) is 2.68. The van der Waals surface area contributed by atoms with E-state index in [9.17, 15) is 19.5 Å². The first-order valence-corrected chi connectivity index (χ1v) is 12.3. The second-order valence-electron chi connectivity index (χ2n) is 7.87. The summed E-state index contributed by atoms with van der Waals surface area (Å²) >= 11 is 6.80. The third-order valence-electron chi connectivity index (χ3n) is 5.57. The monoisotopic (exact) mass is 485 g/mol. The van der Waals surface area contributed by atoms with Gasteiger partial charge in [0.05, 0.1) is 12.5 Å². The second kappa shape index (κ2) is 12.0. The van der Waals surface area contributed by atoms with E-state index >= 15 is 0 Å². The molecule has 1 aliphatic heterocycles. The van der Waals surface area contributed by atoms with Crippen LogP contribution in [0.3, 0.4) is 0 Å². The molecule has 0 amide bonds.